The fourth-order valence-electron chi connectivity index (χ4n) is 3.74. The number of likely N-dealkylation sites (tertiary alicyclic amines) is 1. The number of benzene rings is 2. The molecule has 2 atom stereocenters. The summed E-state index contributed by atoms with van der Waals surface area (Å²) < 4.78 is 10.1. The van der Waals surface area contributed by atoms with E-state index in [1.165, 1.54) is 30.2 Å². The van der Waals surface area contributed by atoms with Gasteiger partial charge in [0.25, 0.3) is 5.69 Å². The van der Waals surface area contributed by atoms with E-state index in [9.17, 15) is 24.5 Å². The van der Waals surface area contributed by atoms with Crippen molar-refractivity contribution >= 4 is 23.7 Å². The Morgan fingerprint density at radius 2 is 1.85 bits per heavy atom. The summed E-state index contributed by atoms with van der Waals surface area (Å²) in [6, 6.07) is 13.2. The van der Waals surface area contributed by atoms with E-state index < -0.39 is 35.0 Å². The molecule has 0 saturated carbocycles. The lowest BCUT2D eigenvalue weighted by atomic mass is 10.0. The van der Waals surface area contributed by atoms with E-state index >= 15 is 0 Å². The van der Waals surface area contributed by atoms with E-state index in [-0.39, 0.29) is 24.3 Å². The molecule has 1 aliphatic rings. The first-order valence-electron chi connectivity index (χ1n) is 10.5. The lowest BCUT2D eigenvalue weighted by molar-refractivity contribution is -0.385. The maximum atomic E-state index is 13.0. The summed E-state index contributed by atoms with van der Waals surface area (Å²) in [5, 5.41) is 13.9. The average Bonchev–Trinajstić information content (AvgIpc) is 3.33. The van der Waals surface area contributed by atoms with Crippen molar-refractivity contribution in [3.8, 4) is 0 Å². The molecule has 0 aliphatic carbocycles. The molecule has 0 unspecified atom stereocenters. The molecule has 174 valence electrons. The minimum absolute atomic E-state index is 0.0764. The number of methoxy groups -OCH3 is 1. The van der Waals surface area contributed by atoms with Gasteiger partial charge in [-0.1, -0.05) is 48.5 Å². The van der Waals surface area contributed by atoms with Crippen LogP contribution in [0.3, 0.4) is 0 Å². The minimum Gasteiger partial charge on any atom is -0.467 e. The number of hydrogen-bond donors (Lipinski definition) is 1. The van der Waals surface area contributed by atoms with Gasteiger partial charge >= 0.3 is 12.1 Å². The first-order valence-corrected chi connectivity index (χ1v) is 10.5. The van der Waals surface area contributed by atoms with Gasteiger partial charge in [-0.05, 0) is 18.4 Å². The molecular weight excluding hydrogens is 430 g/mol. The monoisotopic (exact) mass is 455 g/mol. The van der Waals surface area contributed by atoms with Crippen molar-refractivity contribution < 1.29 is 28.8 Å². The highest BCUT2D eigenvalue weighted by Crippen LogP contribution is 2.22. The Balaban J connectivity index is 1.67. The van der Waals surface area contributed by atoms with Crippen molar-refractivity contribution in [2.45, 2.75) is 38.0 Å². The number of amides is 2. The van der Waals surface area contributed by atoms with E-state index in [0.29, 0.717) is 19.4 Å². The quantitative estimate of drug-likeness (QED) is 0.368. The van der Waals surface area contributed by atoms with Crippen LogP contribution in [0.2, 0.25) is 0 Å². The Labute approximate surface area is 190 Å². The normalized spacial score (nSPS) is 16.0. The Morgan fingerprint density at radius 1 is 1.15 bits per heavy atom. The number of nitrogens with one attached hydrogen (secondary N) is 1. The molecule has 1 heterocycles. The van der Waals surface area contributed by atoms with Gasteiger partial charge in [0, 0.05) is 24.6 Å². The molecule has 1 fully saturated rings. The van der Waals surface area contributed by atoms with Crippen molar-refractivity contribution in [3.05, 3.63) is 75.8 Å². The third kappa shape index (κ3) is 6.06. The Morgan fingerprint density at radius 3 is 2.55 bits per heavy atom. The number of nitro benzene ring substituents is 1. The average molecular weight is 455 g/mol. The first-order chi connectivity index (χ1) is 15.9. The third-order valence-corrected chi connectivity index (χ3v) is 5.41. The van der Waals surface area contributed by atoms with Crippen molar-refractivity contribution in [1.29, 1.82) is 0 Å². The molecule has 1 saturated heterocycles. The summed E-state index contributed by atoms with van der Waals surface area (Å²) in [7, 11) is 1.17. The van der Waals surface area contributed by atoms with Crippen LogP contribution in [0.4, 0.5) is 10.5 Å². The largest absolute Gasteiger partial charge is 0.467 e. The minimum atomic E-state index is -1.15. The van der Waals surface area contributed by atoms with Crippen LogP contribution in [0.25, 0.3) is 0 Å². The summed E-state index contributed by atoms with van der Waals surface area (Å²) >= 11 is 0. The first kappa shape index (κ1) is 23.7. The van der Waals surface area contributed by atoms with Crippen LogP contribution in [0.1, 0.15) is 24.0 Å². The fraction of sp³-hybridized carbons (Fsp3) is 0.348. The number of carbonyl (C=O) groups excluding carboxylic acids is 3. The zero-order chi connectivity index (χ0) is 23.8. The molecule has 0 bridgehead atoms. The molecule has 10 nitrogen and oxygen atoms in total. The van der Waals surface area contributed by atoms with Gasteiger partial charge in [0.15, 0.2) is 0 Å². The van der Waals surface area contributed by atoms with Crippen LogP contribution in [0.15, 0.2) is 54.6 Å². The SMILES string of the molecule is COC(=O)[C@@H](Cc1ccccc1[N+](=O)[O-])NC(=O)[C@H]1CCCN1C(=O)OCc1ccccc1. The second-order valence-electron chi connectivity index (χ2n) is 7.57. The van der Waals surface area contributed by atoms with Gasteiger partial charge in [0.05, 0.1) is 12.0 Å². The van der Waals surface area contributed by atoms with Crippen LogP contribution in [0, 0.1) is 10.1 Å². The maximum absolute atomic E-state index is 13.0. The molecule has 2 aromatic carbocycles. The fourth-order valence-corrected chi connectivity index (χ4v) is 3.74. The van der Waals surface area contributed by atoms with Gasteiger partial charge in [0.2, 0.25) is 5.91 Å². The van der Waals surface area contributed by atoms with Crippen LogP contribution >= 0.6 is 0 Å². The second-order valence-corrected chi connectivity index (χ2v) is 7.57. The number of nitrogens with zero attached hydrogens (tertiary/aromatic N) is 2. The van der Waals surface area contributed by atoms with Crippen LogP contribution in [-0.2, 0) is 32.1 Å². The summed E-state index contributed by atoms with van der Waals surface area (Å²) in [4.78, 5) is 49.9. The third-order valence-electron chi connectivity index (χ3n) is 5.41. The standard InChI is InChI=1S/C23H25N3O7/c1-32-22(28)18(14-17-10-5-6-11-19(17)26(30)31)24-21(27)20-12-7-13-25(20)23(29)33-15-16-8-3-2-4-9-16/h2-6,8-11,18,20H,7,12-15H2,1H3,(H,24,27)/t18-,20-/m1/s1. The number of para-hydroxylation sites is 1. The number of esters is 1. The van der Waals surface area contributed by atoms with Crippen molar-refractivity contribution in [1.82, 2.24) is 10.2 Å². The number of rotatable bonds is 8. The summed E-state index contributed by atoms with van der Waals surface area (Å²) in [5.74, 6) is -1.28. The van der Waals surface area contributed by atoms with Crippen molar-refractivity contribution in [2.75, 3.05) is 13.7 Å². The molecular formula is C23H25N3O7. The maximum Gasteiger partial charge on any atom is 0.410 e. The van der Waals surface area contributed by atoms with E-state index in [1.807, 2.05) is 30.3 Å². The van der Waals surface area contributed by atoms with Gasteiger partial charge in [-0.2, -0.15) is 0 Å². The highest BCUT2D eigenvalue weighted by atomic mass is 16.6. The molecule has 3 rings (SSSR count). The molecule has 1 N–H and O–H groups in total. The summed E-state index contributed by atoms with van der Waals surface area (Å²) in [6.45, 7) is 0.422. The molecule has 2 amide bonds. The smallest absolute Gasteiger partial charge is 0.410 e. The number of carbonyl (C=O) groups is 3. The van der Waals surface area contributed by atoms with Gasteiger partial charge in [-0.15, -0.1) is 0 Å². The lowest BCUT2D eigenvalue weighted by Crippen LogP contribution is -2.51. The molecule has 0 aromatic heterocycles. The molecule has 2 aromatic rings. The number of ether oxygens (including phenoxy) is 2. The highest BCUT2D eigenvalue weighted by molar-refractivity contribution is 5.90. The Bertz CT molecular complexity index is 1010. The lowest BCUT2D eigenvalue weighted by Gasteiger charge is -2.25. The Hall–Kier alpha value is -3.95. The topological polar surface area (TPSA) is 128 Å². The van der Waals surface area contributed by atoms with Gasteiger partial charge < -0.3 is 14.8 Å². The zero-order valence-electron chi connectivity index (χ0n) is 18.1. The number of nitro groups is 1. The molecule has 0 spiro atoms. The zero-order valence-corrected chi connectivity index (χ0v) is 18.1. The number of hydrogen-bond acceptors (Lipinski definition) is 7. The molecule has 33 heavy (non-hydrogen) atoms. The summed E-state index contributed by atoms with van der Waals surface area (Å²) in [5.41, 5.74) is 0.942. The molecule has 0 radical (unpaired) electrons. The van der Waals surface area contributed by atoms with Crippen molar-refractivity contribution in [2.24, 2.45) is 0 Å². The van der Waals surface area contributed by atoms with Gasteiger partial charge in [0.1, 0.15) is 18.7 Å². The van der Waals surface area contributed by atoms with Gasteiger partial charge in [-0.3, -0.25) is 19.8 Å². The predicted octanol–water partition coefficient (Wildman–Crippen LogP) is 2.60. The molecule has 1 aliphatic heterocycles. The summed E-state index contributed by atoms with van der Waals surface area (Å²) in [6.07, 6.45) is 0.266. The van der Waals surface area contributed by atoms with E-state index in [1.54, 1.807) is 6.07 Å². The van der Waals surface area contributed by atoms with Crippen molar-refractivity contribution in [3.63, 3.8) is 0 Å². The second kappa shape index (κ2) is 11.1. The van der Waals surface area contributed by atoms with Crippen LogP contribution in [0.5, 0.6) is 0 Å². The van der Waals surface area contributed by atoms with E-state index in [4.69, 9.17) is 9.47 Å². The van der Waals surface area contributed by atoms with E-state index in [2.05, 4.69) is 5.32 Å². The predicted molar refractivity (Wildman–Crippen MR) is 117 cm³/mol. The molecule has 10 heteroatoms. The highest BCUT2D eigenvalue weighted by Gasteiger charge is 2.37. The van der Waals surface area contributed by atoms with Gasteiger partial charge in [-0.25, -0.2) is 9.59 Å². The van der Waals surface area contributed by atoms with Crippen LogP contribution < -0.4 is 5.32 Å². The van der Waals surface area contributed by atoms with Crippen LogP contribution in [-0.4, -0.2) is 53.5 Å². The Kier molecular flexibility index (Phi) is 7.96. The van der Waals surface area contributed by atoms with E-state index in [0.717, 1.165) is 5.56 Å².